The van der Waals surface area contributed by atoms with Crippen molar-refractivity contribution in [3.63, 3.8) is 0 Å². The summed E-state index contributed by atoms with van der Waals surface area (Å²) in [6.07, 6.45) is 4.34. The smallest absolute Gasteiger partial charge is 0.118 e. The molecule has 0 saturated carbocycles. The fourth-order valence-electron chi connectivity index (χ4n) is 2.40. The topological polar surface area (TPSA) is 40.5 Å². The molecule has 0 fully saturated rings. The second kappa shape index (κ2) is 6.47. The Bertz CT molecular complexity index is 534. The highest BCUT2D eigenvalue weighted by Crippen LogP contribution is 2.20. The van der Waals surface area contributed by atoms with Crippen molar-refractivity contribution < 1.29 is 10.2 Å². The van der Waals surface area contributed by atoms with Crippen LogP contribution in [-0.4, -0.2) is 10.2 Å². The first-order valence-corrected chi connectivity index (χ1v) is 7.13. The molecule has 0 aliphatic heterocycles. The van der Waals surface area contributed by atoms with Crippen LogP contribution < -0.4 is 0 Å². The van der Waals surface area contributed by atoms with Crippen LogP contribution in [0.2, 0.25) is 0 Å². The lowest BCUT2D eigenvalue weighted by Crippen LogP contribution is -1.91. The minimum atomic E-state index is 0.369. The zero-order chi connectivity index (χ0) is 14.5. The number of phenols is 2. The number of rotatable bonds is 5. The van der Waals surface area contributed by atoms with Gasteiger partial charge in [0, 0.05) is 0 Å². The fourth-order valence-corrected chi connectivity index (χ4v) is 2.40. The number of aromatic hydroxyl groups is 2. The van der Waals surface area contributed by atoms with Gasteiger partial charge < -0.3 is 10.2 Å². The molecule has 0 heterocycles. The van der Waals surface area contributed by atoms with Crippen LogP contribution in [0.5, 0.6) is 11.5 Å². The molecule has 0 amide bonds. The summed E-state index contributed by atoms with van der Waals surface area (Å²) in [6.45, 7) is 3.86. The molecule has 2 heteroatoms. The van der Waals surface area contributed by atoms with Gasteiger partial charge in [-0.25, -0.2) is 0 Å². The summed E-state index contributed by atoms with van der Waals surface area (Å²) < 4.78 is 0. The number of hydrogen-bond donors (Lipinski definition) is 2. The highest BCUT2D eigenvalue weighted by molar-refractivity contribution is 5.35. The lowest BCUT2D eigenvalue weighted by molar-refractivity contribution is 0.470. The third-order valence-electron chi connectivity index (χ3n) is 3.70. The van der Waals surface area contributed by atoms with Gasteiger partial charge in [0.2, 0.25) is 0 Å². The van der Waals surface area contributed by atoms with Crippen LogP contribution in [0.15, 0.2) is 36.4 Å². The Labute approximate surface area is 120 Å². The van der Waals surface area contributed by atoms with Crippen molar-refractivity contribution in [1.82, 2.24) is 0 Å². The molecule has 2 aromatic rings. The number of unbranched alkanes of at least 4 members (excludes halogenated alkanes) is 1. The van der Waals surface area contributed by atoms with Crippen LogP contribution in [0.4, 0.5) is 0 Å². The Morgan fingerprint density at radius 2 is 1.10 bits per heavy atom. The Morgan fingerprint density at radius 1 is 0.700 bits per heavy atom. The summed E-state index contributed by atoms with van der Waals surface area (Å²) in [7, 11) is 0. The van der Waals surface area contributed by atoms with E-state index in [0.717, 1.165) is 36.8 Å². The Hall–Kier alpha value is -1.96. The van der Waals surface area contributed by atoms with Crippen molar-refractivity contribution in [3.8, 4) is 11.5 Å². The zero-order valence-electron chi connectivity index (χ0n) is 12.2. The van der Waals surface area contributed by atoms with Crippen molar-refractivity contribution in [3.05, 3.63) is 58.7 Å². The van der Waals surface area contributed by atoms with Gasteiger partial charge >= 0.3 is 0 Å². The molecule has 2 nitrogen and oxygen atoms in total. The van der Waals surface area contributed by atoms with Gasteiger partial charge in [-0.05, 0) is 73.9 Å². The number of hydrogen-bond acceptors (Lipinski definition) is 2. The number of benzene rings is 2. The van der Waals surface area contributed by atoms with Gasteiger partial charge in [-0.3, -0.25) is 0 Å². The van der Waals surface area contributed by atoms with E-state index < -0.39 is 0 Å². The van der Waals surface area contributed by atoms with E-state index in [4.69, 9.17) is 0 Å². The van der Waals surface area contributed by atoms with Gasteiger partial charge in [-0.2, -0.15) is 0 Å². The van der Waals surface area contributed by atoms with Crippen LogP contribution in [-0.2, 0) is 12.8 Å². The Kier molecular flexibility index (Phi) is 4.67. The third-order valence-corrected chi connectivity index (χ3v) is 3.70. The van der Waals surface area contributed by atoms with E-state index in [1.54, 1.807) is 12.1 Å². The first-order valence-electron chi connectivity index (χ1n) is 7.13. The van der Waals surface area contributed by atoms with Crippen LogP contribution in [0.3, 0.4) is 0 Å². The Morgan fingerprint density at radius 3 is 1.45 bits per heavy atom. The van der Waals surface area contributed by atoms with Gasteiger partial charge in [-0.15, -0.1) is 0 Å². The maximum Gasteiger partial charge on any atom is 0.118 e. The van der Waals surface area contributed by atoms with Crippen molar-refractivity contribution in [2.24, 2.45) is 0 Å². The normalized spacial score (nSPS) is 10.7. The van der Waals surface area contributed by atoms with Gasteiger partial charge in [0.25, 0.3) is 0 Å². The predicted molar refractivity (Wildman–Crippen MR) is 82.3 cm³/mol. The van der Waals surface area contributed by atoms with E-state index in [1.165, 1.54) is 11.1 Å². The summed E-state index contributed by atoms with van der Waals surface area (Å²) in [6, 6.07) is 11.6. The van der Waals surface area contributed by atoms with Gasteiger partial charge in [0.15, 0.2) is 0 Å². The molecule has 0 aliphatic rings. The molecule has 0 saturated heterocycles. The molecule has 0 aliphatic carbocycles. The largest absolute Gasteiger partial charge is 0.508 e. The van der Waals surface area contributed by atoms with Crippen molar-refractivity contribution in [2.45, 2.75) is 39.5 Å². The third kappa shape index (κ3) is 3.77. The lowest BCUT2D eigenvalue weighted by atomic mass is 10.0. The summed E-state index contributed by atoms with van der Waals surface area (Å²) in [5.41, 5.74) is 4.44. The second-order valence-electron chi connectivity index (χ2n) is 5.45. The van der Waals surface area contributed by atoms with E-state index >= 15 is 0 Å². The van der Waals surface area contributed by atoms with E-state index in [9.17, 15) is 10.2 Å². The monoisotopic (exact) mass is 270 g/mol. The Balaban J connectivity index is 1.81. The first-order chi connectivity index (χ1) is 9.56. The standard InChI is InChI=1S/C18H22O2/c1-13-11-15(7-9-17(13)19)5-3-4-6-16-8-10-18(20)14(2)12-16/h7-12,19-20H,3-6H2,1-2H3. The summed E-state index contributed by atoms with van der Waals surface area (Å²) in [5, 5.41) is 19.0. The van der Waals surface area contributed by atoms with Crippen LogP contribution in [0.25, 0.3) is 0 Å². The average Bonchev–Trinajstić information content (AvgIpc) is 2.42. The maximum absolute atomic E-state index is 9.49. The summed E-state index contributed by atoms with van der Waals surface area (Å²) >= 11 is 0. The van der Waals surface area contributed by atoms with E-state index in [2.05, 4.69) is 12.1 Å². The molecule has 20 heavy (non-hydrogen) atoms. The van der Waals surface area contributed by atoms with Gasteiger partial charge in [0.1, 0.15) is 11.5 Å². The quantitative estimate of drug-likeness (QED) is 0.796. The molecule has 0 bridgehead atoms. The molecule has 0 spiro atoms. The van der Waals surface area contributed by atoms with Crippen LogP contribution in [0, 0.1) is 13.8 Å². The van der Waals surface area contributed by atoms with E-state index in [1.807, 2.05) is 26.0 Å². The van der Waals surface area contributed by atoms with Crippen molar-refractivity contribution in [2.75, 3.05) is 0 Å². The molecular formula is C18H22O2. The van der Waals surface area contributed by atoms with Crippen LogP contribution >= 0.6 is 0 Å². The molecule has 106 valence electrons. The first kappa shape index (κ1) is 14.4. The second-order valence-corrected chi connectivity index (χ2v) is 5.45. The molecule has 0 aromatic heterocycles. The van der Waals surface area contributed by atoms with E-state index in [0.29, 0.717) is 11.5 Å². The van der Waals surface area contributed by atoms with Crippen molar-refractivity contribution >= 4 is 0 Å². The average molecular weight is 270 g/mol. The van der Waals surface area contributed by atoms with Crippen molar-refractivity contribution in [1.29, 1.82) is 0 Å². The summed E-state index contributed by atoms with van der Waals surface area (Å²) in [4.78, 5) is 0. The molecular weight excluding hydrogens is 248 g/mol. The minimum absolute atomic E-state index is 0.369. The lowest BCUT2D eigenvalue weighted by Gasteiger charge is -2.06. The highest BCUT2D eigenvalue weighted by Gasteiger charge is 2.01. The minimum Gasteiger partial charge on any atom is -0.508 e. The highest BCUT2D eigenvalue weighted by atomic mass is 16.3. The maximum atomic E-state index is 9.49. The van der Waals surface area contributed by atoms with E-state index in [-0.39, 0.29) is 0 Å². The predicted octanol–water partition coefficient (Wildman–Crippen LogP) is 4.28. The molecule has 2 N–H and O–H groups in total. The fraction of sp³-hybridized carbons (Fsp3) is 0.333. The zero-order valence-corrected chi connectivity index (χ0v) is 12.2. The SMILES string of the molecule is Cc1cc(CCCCc2ccc(O)c(C)c2)ccc1O. The number of phenolic OH excluding ortho intramolecular Hbond substituents is 2. The molecule has 2 rings (SSSR count). The number of aryl methyl sites for hydroxylation is 4. The molecule has 0 unspecified atom stereocenters. The molecule has 2 aromatic carbocycles. The van der Waals surface area contributed by atoms with Gasteiger partial charge in [0.05, 0.1) is 0 Å². The molecule has 0 atom stereocenters. The van der Waals surface area contributed by atoms with Gasteiger partial charge in [-0.1, -0.05) is 24.3 Å². The molecule has 0 radical (unpaired) electrons. The van der Waals surface area contributed by atoms with Crippen LogP contribution in [0.1, 0.15) is 35.1 Å². The summed E-state index contributed by atoms with van der Waals surface area (Å²) in [5.74, 6) is 0.738.